The minimum absolute atomic E-state index is 0.0444. The molecule has 0 aliphatic carbocycles. The van der Waals surface area contributed by atoms with Crippen LogP contribution in [-0.2, 0) is 5.41 Å². The second-order valence-corrected chi connectivity index (χ2v) is 8.35. The Morgan fingerprint density at radius 2 is 1.79 bits per heavy atom. The standard InChI is InChI=1S/C26H34N2O5/c1-5-26(17-27,18-13-23(29-2)25(31-4)24(14-18)30-3)12-8-9-19(28)15-20-16-32-21-10-6-7-11-22(21)33-20/h6-7,10-11,13-14,19-20H,5,8-9,12,15-16,28H2,1-4H3. The fourth-order valence-electron chi connectivity index (χ4n) is 4.38. The number of hydrogen-bond acceptors (Lipinski definition) is 7. The molecule has 3 rings (SSSR count). The van der Waals surface area contributed by atoms with Gasteiger partial charge in [-0.3, -0.25) is 0 Å². The molecule has 0 fully saturated rings. The van der Waals surface area contributed by atoms with Crippen LogP contribution in [0.25, 0.3) is 0 Å². The first-order valence-corrected chi connectivity index (χ1v) is 11.4. The van der Waals surface area contributed by atoms with Gasteiger partial charge in [-0.15, -0.1) is 0 Å². The lowest BCUT2D eigenvalue weighted by Crippen LogP contribution is -2.36. The number of benzene rings is 2. The predicted molar refractivity (Wildman–Crippen MR) is 126 cm³/mol. The maximum absolute atomic E-state index is 10.2. The Kier molecular flexibility index (Phi) is 8.29. The van der Waals surface area contributed by atoms with Crippen molar-refractivity contribution in [1.82, 2.24) is 0 Å². The van der Waals surface area contributed by atoms with Crippen LogP contribution in [0.1, 0.15) is 44.6 Å². The first kappa shape index (κ1) is 24.5. The van der Waals surface area contributed by atoms with Crippen LogP contribution in [0.4, 0.5) is 0 Å². The Labute approximate surface area is 196 Å². The van der Waals surface area contributed by atoms with Gasteiger partial charge in [0.2, 0.25) is 5.75 Å². The number of nitrogens with two attached hydrogens (primary N) is 1. The lowest BCUT2D eigenvalue weighted by atomic mass is 9.75. The highest BCUT2D eigenvalue weighted by Gasteiger charge is 2.33. The number of hydrogen-bond donors (Lipinski definition) is 1. The van der Waals surface area contributed by atoms with Gasteiger partial charge in [-0.1, -0.05) is 19.1 Å². The number of rotatable bonds is 11. The third-order valence-electron chi connectivity index (χ3n) is 6.35. The SMILES string of the molecule is CCC(C#N)(CCCC(N)CC1COc2ccccc2O1)c1cc(OC)c(OC)c(OC)c1. The Bertz CT molecular complexity index is 948. The van der Waals surface area contributed by atoms with E-state index in [0.717, 1.165) is 29.9 Å². The van der Waals surface area contributed by atoms with Crippen LogP contribution in [0.2, 0.25) is 0 Å². The fraction of sp³-hybridized carbons (Fsp3) is 0.500. The number of nitrogens with zero attached hydrogens (tertiary/aromatic N) is 1. The van der Waals surface area contributed by atoms with E-state index >= 15 is 0 Å². The van der Waals surface area contributed by atoms with Gasteiger partial charge < -0.3 is 29.4 Å². The third kappa shape index (κ3) is 5.45. The minimum atomic E-state index is -0.671. The molecule has 0 saturated heterocycles. The van der Waals surface area contributed by atoms with E-state index in [-0.39, 0.29) is 12.1 Å². The summed E-state index contributed by atoms with van der Waals surface area (Å²) < 4.78 is 28.3. The molecule has 7 heteroatoms. The van der Waals surface area contributed by atoms with Crippen molar-refractivity contribution in [2.24, 2.45) is 5.73 Å². The molecule has 7 nitrogen and oxygen atoms in total. The van der Waals surface area contributed by atoms with E-state index in [9.17, 15) is 5.26 Å². The lowest BCUT2D eigenvalue weighted by molar-refractivity contribution is 0.0789. The third-order valence-corrected chi connectivity index (χ3v) is 6.35. The summed E-state index contributed by atoms with van der Waals surface area (Å²) in [5.74, 6) is 3.15. The van der Waals surface area contributed by atoms with Crippen molar-refractivity contribution in [3.63, 3.8) is 0 Å². The van der Waals surface area contributed by atoms with E-state index in [1.807, 2.05) is 43.3 Å². The van der Waals surface area contributed by atoms with Crippen molar-refractivity contribution in [3.05, 3.63) is 42.0 Å². The maximum Gasteiger partial charge on any atom is 0.203 e. The van der Waals surface area contributed by atoms with Gasteiger partial charge in [-0.25, -0.2) is 0 Å². The number of nitriles is 1. The van der Waals surface area contributed by atoms with Gasteiger partial charge in [0.05, 0.1) is 32.8 Å². The first-order chi connectivity index (χ1) is 16.0. The van der Waals surface area contributed by atoms with Gasteiger partial charge in [-0.2, -0.15) is 5.26 Å². The minimum Gasteiger partial charge on any atom is -0.493 e. The van der Waals surface area contributed by atoms with E-state index in [1.165, 1.54) is 0 Å². The normalized spacial score (nSPS) is 17.4. The molecule has 1 heterocycles. The molecular weight excluding hydrogens is 420 g/mol. The largest absolute Gasteiger partial charge is 0.493 e. The molecule has 0 aromatic heterocycles. The molecule has 0 spiro atoms. The van der Waals surface area contributed by atoms with Crippen LogP contribution in [0.15, 0.2) is 36.4 Å². The molecule has 2 aromatic rings. The zero-order valence-electron chi connectivity index (χ0n) is 19.9. The van der Waals surface area contributed by atoms with Crippen molar-refractivity contribution in [2.45, 2.75) is 56.6 Å². The summed E-state index contributed by atoms with van der Waals surface area (Å²) in [7, 11) is 4.73. The summed E-state index contributed by atoms with van der Waals surface area (Å²) >= 11 is 0. The van der Waals surface area contributed by atoms with Crippen molar-refractivity contribution in [3.8, 4) is 34.8 Å². The summed E-state index contributed by atoms with van der Waals surface area (Å²) in [5.41, 5.74) is 6.62. The van der Waals surface area contributed by atoms with E-state index in [2.05, 4.69) is 6.07 Å². The first-order valence-electron chi connectivity index (χ1n) is 11.4. The topological polar surface area (TPSA) is 96.0 Å². The van der Waals surface area contributed by atoms with E-state index in [4.69, 9.17) is 29.4 Å². The predicted octanol–water partition coefficient (Wildman–Crippen LogP) is 4.61. The lowest BCUT2D eigenvalue weighted by Gasteiger charge is -2.29. The molecular formula is C26H34N2O5. The Balaban J connectivity index is 1.64. The molecule has 2 N–H and O–H groups in total. The highest BCUT2D eigenvalue weighted by Crippen LogP contribution is 2.44. The highest BCUT2D eigenvalue weighted by atomic mass is 16.6. The van der Waals surface area contributed by atoms with Gasteiger partial charge in [0.1, 0.15) is 12.7 Å². The molecule has 0 amide bonds. The Morgan fingerprint density at radius 1 is 1.12 bits per heavy atom. The van der Waals surface area contributed by atoms with E-state index < -0.39 is 5.41 Å². The van der Waals surface area contributed by atoms with Crippen LogP contribution in [0.3, 0.4) is 0 Å². The van der Waals surface area contributed by atoms with Crippen LogP contribution >= 0.6 is 0 Å². The summed E-state index contributed by atoms with van der Waals surface area (Å²) in [4.78, 5) is 0. The maximum atomic E-state index is 10.2. The molecule has 33 heavy (non-hydrogen) atoms. The number of ether oxygens (including phenoxy) is 5. The molecule has 1 aliphatic heterocycles. The summed E-state index contributed by atoms with van der Waals surface area (Å²) in [6.07, 6.45) is 3.56. The van der Waals surface area contributed by atoms with E-state index in [0.29, 0.717) is 43.1 Å². The van der Waals surface area contributed by atoms with Gasteiger partial charge in [0.25, 0.3) is 0 Å². The van der Waals surface area contributed by atoms with Crippen LogP contribution in [0.5, 0.6) is 28.7 Å². The zero-order valence-corrected chi connectivity index (χ0v) is 19.9. The smallest absolute Gasteiger partial charge is 0.203 e. The van der Waals surface area contributed by atoms with Crippen LogP contribution in [0, 0.1) is 11.3 Å². The van der Waals surface area contributed by atoms with Gasteiger partial charge >= 0.3 is 0 Å². The Hall–Kier alpha value is -3.11. The average molecular weight is 455 g/mol. The fourth-order valence-corrected chi connectivity index (χ4v) is 4.38. The Morgan fingerprint density at radius 3 is 2.36 bits per heavy atom. The molecule has 1 aliphatic rings. The molecule has 2 aromatic carbocycles. The molecule has 178 valence electrons. The molecule has 3 atom stereocenters. The quantitative estimate of drug-likeness (QED) is 0.529. The van der Waals surface area contributed by atoms with Crippen molar-refractivity contribution in [1.29, 1.82) is 5.26 Å². The van der Waals surface area contributed by atoms with Gasteiger partial charge in [-0.05, 0) is 55.5 Å². The summed E-state index contributed by atoms with van der Waals surface area (Å²) in [6, 6.07) is 13.9. The second kappa shape index (κ2) is 11.2. The number of para-hydroxylation sites is 2. The number of methoxy groups -OCH3 is 3. The van der Waals surface area contributed by atoms with Crippen molar-refractivity contribution in [2.75, 3.05) is 27.9 Å². The van der Waals surface area contributed by atoms with Crippen molar-refractivity contribution < 1.29 is 23.7 Å². The monoisotopic (exact) mass is 454 g/mol. The van der Waals surface area contributed by atoms with Gasteiger partial charge in [0.15, 0.2) is 23.0 Å². The van der Waals surface area contributed by atoms with Crippen LogP contribution in [-0.4, -0.2) is 40.1 Å². The van der Waals surface area contributed by atoms with Crippen LogP contribution < -0.4 is 29.4 Å². The molecule has 0 bridgehead atoms. The second-order valence-electron chi connectivity index (χ2n) is 8.35. The average Bonchev–Trinajstić information content (AvgIpc) is 2.85. The summed E-state index contributed by atoms with van der Waals surface area (Å²) in [6.45, 7) is 2.52. The molecule has 0 saturated carbocycles. The highest BCUT2D eigenvalue weighted by molar-refractivity contribution is 5.56. The van der Waals surface area contributed by atoms with E-state index in [1.54, 1.807) is 21.3 Å². The molecule has 0 radical (unpaired) electrons. The van der Waals surface area contributed by atoms with Gasteiger partial charge in [0, 0.05) is 12.5 Å². The number of fused-ring (bicyclic) bond motifs is 1. The molecule has 3 unspecified atom stereocenters. The van der Waals surface area contributed by atoms with Crippen molar-refractivity contribution >= 4 is 0 Å². The zero-order chi connectivity index (χ0) is 23.8. The summed E-state index contributed by atoms with van der Waals surface area (Å²) in [5, 5.41) is 10.2.